The molecule has 13 nitrogen and oxygen atoms in total. The number of nitrogens with one attached hydrogen (secondary N) is 1. The van der Waals surface area contributed by atoms with Crippen LogP contribution in [0.1, 0.15) is 46.5 Å². The highest BCUT2D eigenvalue weighted by Crippen LogP contribution is 2.64. The second-order valence-electron chi connectivity index (χ2n) is 12.9. The first-order chi connectivity index (χ1) is 20.3. The lowest BCUT2D eigenvalue weighted by Gasteiger charge is -2.63. The van der Waals surface area contributed by atoms with Gasteiger partial charge in [0.25, 0.3) is 0 Å². The van der Waals surface area contributed by atoms with Crippen LogP contribution in [0.25, 0.3) is 0 Å². The summed E-state index contributed by atoms with van der Waals surface area (Å²) in [5.41, 5.74) is -1.55. The van der Waals surface area contributed by atoms with Gasteiger partial charge in [0, 0.05) is 24.5 Å². The van der Waals surface area contributed by atoms with Gasteiger partial charge in [-0.15, -0.1) is 0 Å². The Balaban J connectivity index is 1.64. The molecule has 1 saturated heterocycles. The van der Waals surface area contributed by atoms with Crippen LogP contribution in [0.3, 0.4) is 0 Å². The third-order valence-electron chi connectivity index (χ3n) is 10.7. The third kappa shape index (κ3) is 5.79. The first-order valence-electron chi connectivity index (χ1n) is 15.1. The van der Waals surface area contributed by atoms with Gasteiger partial charge in [-0.3, -0.25) is 9.59 Å². The second kappa shape index (κ2) is 13.2. The highest BCUT2D eigenvalue weighted by atomic mass is 16.7. The number of carbonyl (C=O) groups is 3. The van der Waals surface area contributed by atoms with Gasteiger partial charge in [-0.05, 0) is 56.9 Å². The zero-order valence-electron chi connectivity index (χ0n) is 25.5. The zero-order chi connectivity index (χ0) is 31.9. The summed E-state index contributed by atoms with van der Waals surface area (Å²) in [4.78, 5) is 40.2. The van der Waals surface area contributed by atoms with Crippen molar-refractivity contribution in [1.29, 1.82) is 0 Å². The minimum absolute atomic E-state index is 0.171. The van der Waals surface area contributed by atoms with Crippen LogP contribution < -0.4 is 5.32 Å². The van der Waals surface area contributed by atoms with Gasteiger partial charge in [-0.25, -0.2) is 4.79 Å². The summed E-state index contributed by atoms with van der Waals surface area (Å²) in [5.74, 6) is -3.69. The molecule has 43 heavy (non-hydrogen) atoms. The van der Waals surface area contributed by atoms with Gasteiger partial charge in [-0.2, -0.15) is 0 Å². The van der Waals surface area contributed by atoms with E-state index in [-0.39, 0.29) is 24.9 Å². The van der Waals surface area contributed by atoms with E-state index in [1.807, 2.05) is 13.8 Å². The van der Waals surface area contributed by atoms with E-state index in [0.717, 1.165) is 5.57 Å². The lowest BCUT2D eigenvalue weighted by Crippen LogP contribution is -2.69. The van der Waals surface area contributed by atoms with Gasteiger partial charge in [0.1, 0.15) is 42.5 Å². The van der Waals surface area contributed by atoms with E-state index in [2.05, 4.69) is 5.32 Å². The number of aliphatic hydroxyl groups excluding tert-OH is 5. The lowest BCUT2D eigenvalue weighted by molar-refractivity contribution is -0.327. The molecule has 1 heterocycles. The van der Waals surface area contributed by atoms with Crippen LogP contribution in [0.15, 0.2) is 11.6 Å². The lowest BCUT2D eigenvalue weighted by atomic mass is 9.41. The first kappa shape index (κ1) is 33.9. The van der Waals surface area contributed by atoms with Crippen LogP contribution in [-0.2, 0) is 33.3 Å². The van der Waals surface area contributed by atoms with E-state index in [4.69, 9.17) is 18.9 Å². The number of fused-ring (bicyclic) bond motifs is 3. The Morgan fingerprint density at radius 2 is 1.81 bits per heavy atom. The molecule has 3 saturated carbocycles. The summed E-state index contributed by atoms with van der Waals surface area (Å²) >= 11 is 0. The topological polar surface area (TPSA) is 201 Å². The first-order valence-corrected chi connectivity index (χ1v) is 15.1. The number of esters is 2. The molecule has 4 rings (SSSR count). The van der Waals surface area contributed by atoms with Crippen molar-refractivity contribution in [3.63, 3.8) is 0 Å². The second-order valence-corrected chi connectivity index (χ2v) is 12.9. The number of likely N-dealkylation sites (N-methyl/N-ethyl adjacent to an activating group) is 1. The van der Waals surface area contributed by atoms with Crippen LogP contribution in [0.4, 0.5) is 0 Å². The Kier molecular flexibility index (Phi) is 10.4. The minimum Gasteiger partial charge on any atom is -0.469 e. The molecule has 4 aliphatic rings. The Morgan fingerprint density at radius 1 is 1.12 bits per heavy atom. The Morgan fingerprint density at radius 3 is 2.44 bits per heavy atom. The van der Waals surface area contributed by atoms with E-state index in [1.165, 1.54) is 13.2 Å². The molecule has 0 bridgehead atoms. The summed E-state index contributed by atoms with van der Waals surface area (Å²) < 4.78 is 22.1. The van der Waals surface area contributed by atoms with Gasteiger partial charge in [-0.1, -0.05) is 19.4 Å². The molecule has 0 aromatic rings. The van der Waals surface area contributed by atoms with Crippen molar-refractivity contribution in [2.24, 2.45) is 34.5 Å². The van der Waals surface area contributed by atoms with Crippen molar-refractivity contribution < 1.29 is 58.9 Å². The van der Waals surface area contributed by atoms with Gasteiger partial charge < -0.3 is 49.8 Å². The number of carbonyl (C=O) groups excluding carboxylic acids is 3. The quantitative estimate of drug-likeness (QED) is 0.0849. The predicted molar refractivity (Wildman–Crippen MR) is 149 cm³/mol. The van der Waals surface area contributed by atoms with Crippen LogP contribution in [0.5, 0.6) is 0 Å². The molecule has 0 radical (unpaired) electrons. The fourth-order valence-electron chi connectivity index (χ4n) is 8.41. The van der Waals surface area contributed by atoms with Crippen molar-refractivity contribution in [2.45, 2.75) is 89.4 Å². The monoisotopic (exact) mass is 613 g/mol. The summed E-state index contributed by atoms with van der Waals surface area (Å²) in [7, 11) is 2.96. The molecule has 13 heteroatoms. The third-order valence-corrected chi connectivity index (χ3v) is 10.7. The summed E-state index contributed by atoms with van der Waals surface area (Å²) in [6, 6.07) is 0. The Bertz CT molecular complexity index is 1080. The average Bonchev–Trinajstić information content (AvgIpc) is 2.98. The molecule has 0 amide bonds. The highest BCUT2D eigenvalue weighted by molar-refractivity contribution is 5.94. The van der Waals surface area contributed by atoms with E-state index in [0.29, 0.717) is 25.8 Å². The van der Waals surface area contributed by atoms with Gasteiger partial charge in [0.2, 0.25) is 0 Å². The smallest absolute Gasteiger partial charge is 0.330 e. The van der Waals surface area contributed by atoms with Crippen molar-refractivity contribution in [3.05, 3.63) is 11.6 Å². The van der Waals surface area contributed by atoms with Crippen molar-refractivity contribution >= 4 is 17.7 Å². The molecule has 3 aliphatic carbocycles. The predicted octanol–water partition coefficient (Wildman–Crippen LogP) is -0.938. The highest BCUT2D eigenvalue weighted by Gasteiger charge is 2.69. The summed E-state index contributed by atoms with van der Waals surface area (Å²) in [6.07, 6.45) is -6.84. The van der Waals surface area contributed by atoms with Crippen molar-refractivity contribution in [1.82, 2.24) is 5.32 Å². The number of hydrogen-bond acceptors (Lipinski definition) is 13. The van der Waals surface area contributed by atoms with Gasteiger partial charge >= 0.3 is 11.9 Å². The average molecular weight is 614 g/mol. The van der Waals surface area contributed by atoms with Gasteiger partial charge in [0.05, 0.1) is 19.8 Å². The fourth-order valence-corrected chi connectivity index (χ4v) is 8.41. The zero-order valence-corrected chi connectivity index (χ0v) is 25.5. The molecule has 0 aromatic heterocycles. The van der Waals surface area contributed by atoms with Gasteiger partial charge in [0.15, 0.2) is 12.1 Å². The maximum absolute atomic E-state index is 14.2. The van der Waals surface area contributed by atoms with Crippen LogP contribution in [0, 0.1) is 34.5 Å². The fraction of sp³-hybridized carbons (Fsp3) is 0.833. The molecule has 4 fully saturated rings. The number of hydrogen-bond donors (Lipinski definition) is 6. The molecular weight excluding hydrogens is 566 g/mol. The maximum atomic E-state index is 14.2. The number of ketones is 1. The molecule has 0 spiro atoms. The summed E-state index contributed by atoms with van der Waals surface area (Å²) in [6.45, 7) is 5.50. The number of Topliss-reactive ketones (excluding diaryl/α,β-unsaturated/α-hetero) is 1. The minimum atomic E-state index is -1.70. The molecule has 1 aliphatic heterocycles. The van der Waals surface area contributed by atoms with Crippen LogP contribution in [0.2, 0.25) is 0 Å². The normalized spacial score (nSPS) is 45.7. The number of aliphatic hydroxyl groups is 5. The van der Waals surface area contributed by atoms with Crippen molar-refractivity contribution in [2.75, 3.05) is 33.9 Å². The largest absolute Gasteiger partial charge is 0.469 e. The molecule has 0 aromatic carbocycles. The van der Waals surface area contributed by atoms with E-state index in [1.54, 1.807) is 14.0 Å². The number of methoxy groups -OCH3 is 1. The van der Waals surface area contributed by atoms with Crippen molar-refractivity contribution in [3.8, 4) is 0 Å². The molecule has 13 atom stereocenters. The summed E-state index contributed by atoms with van der Waals surface area (Å²) in [5, 5.41) is 55.1. The van der Waals surface area contributed by atoms with Crippen LogP contribution in [-0.4, -0.2) is 120 Å². The number of ether oxygens (including phenoxy) is 4. The van der Waals surface area contributed by atoms with Crippen LogP contribution >= 0.6 is 0 Å². The standard InChI is InChI=1S/C30H47NO12/c1-14-15(12-19(33)41-11-10-31-4)6-7-16-20(14)22(35)24(37)26-29(16,2)9-8-18(30(26,3)28(39)40-5)43-27-25(38)23(36)21(34)17(13-32)42-27/h12,14,16-18,20-23,25-27,31-32,34-36,38H,6-11,13H2,1-5H3. The molecular formula is C30H47NO12. The maximum Gasteiger partial charge on any atom is 0.330 e. The molecule has 6 N–H and O–H groups in total. The molecule has 244 valence electrons. The molecule has 13 unspecified atom stereocenters. The number of rotatable bonds is 8. The van der Waals surface area contributed by atoms with E-state index >= 15 is 0 Å². The number of allylic oxidation sites excluding steroid dienone is 1. The van der Waals surface area contributed by atoms with E-state index < -0.39 is 89.9 Å². The van der Waals surface area contributed by atoms with E-state index in [9.17, 15) is 39.9 Å². The Labute approximate surface area is 251 Å². The Hall–Kier alpha value is -1.97. The SMILES string of the molecule is CNCCOC(=O)C=C1CCC2C(C1C)C(O)C(=O)C1C2(C)CCC(OC2OC(CO)C(O)C(O)C2O)C1(C)C(=O)OC.